The molecule has 5 nitrogen and oxygen atoms in total. The van der Waals surface area contributed by atoms with Gasteiger partial charge >= 0.3 is 0 Å². The Morgan fingerprint density at radius 3 is 2.62 bits per heavy atom. The number of rotatable bonds is 5. The molecule has 1 atom stereocenters. The van der Waals surface area contributed by atoms with Gasteiger partial charge in [-0.1, -0.05) is 29.3 Å². The third-order valence-electron chi connectivity index (χ3n) is 4.06. The van der Waals surface area contributed by atoms with Crippen LogP contribution in [0.25, 0.3) is 10.9 Å². The highest BCUT2D eigenvalue weighted by Crippen LogP contribution is 2.32. The van der Waals surface area contributed by atoms with Crippen LogP contribution in [0.15, 0.2) is 47.0 Å². The lowest BCUT2D eigenvalue weighted by atomic mass is 10.1. The van der Waals surface area contributed by atoms with Gasteiger partial charge in [0.05, 0.1) is 26.7 Å². The van der Waals surface area contributed by atoms with Crippen molar-refractivity contribution in [3.8, 4) is 5.75 Å². The Bertz CT molecular complexity index is 1100. The average molecular weight is 450 g/mol. The number of aromatic nitrogens is 2. The molecule has 0 aliphatic carbocycles. The van der Waals surface area contributed by atoms with Crippen LogP contribution in [0.1, 0.15) is 39.0 Å². The van der Waals surface area contributed by atoms with Crippen LogP contribution in [0.5, 0.6) is 5.75 Å². The minimum Gasteiger partial charge on any atom is -0.486 e. The molecule has 0 N–H and O–H groups in total. The maximum atomic E-state index is 12.3. The minimum atomic E-state index is -1.39. The van der Waals surface area contributed by atoms with Crippen LogP contribution in [-0.2, 0) is 17.6 Å². The van der Waals surface area contributed by atoms with Gasteiger partial charge in [0.15, 0.2) is 0 Å². The Morgan fingerprint density at radius 2 is 1.97 bits per heavy atom. The van der Waals surface area contributed by atoms with Crippen molar-refractivity contribution in [1.82, 2.24) is 9.97 Å². The number of pyridine rings is 2. The van der Waals surface area contributed by atoms with E-state index in [1.54, 1.807) is 25.3 Å². The highest BCUT2D eigenvalue weighted by atomic mass is 35.5. The van der Waals surface area contributed by atoms with E-state index in [1.807, 2.05) is 45.0 Å². The van der Waals surface area contributed by atoms with Crippen LogP contribution in [0.3, 0.4) is 0 Å². The molecular weight excluding hydrogens is 429 g/mol. The smallest absolute Gasteiger partial charge is 0.145 e. The first-order valence-electron chi connectivity index (χ1n) is 8.95. The standard InChI is InChI=1S/C21H21Cl2N3O2S/c1-13(26-29(27)21(2,3)4)16-9-14-10-17(22)19(11-18(14)25-20(16)23)28-12-15-7-5-6-8-24-15/h5-11H,12H2,1-4H3. The molecule has 2 heterocycles. The molecule has 2 aromatic heterocycles. The number of ether oxygens (including phenoxy) is 1. The quantitative estimate of drug-likeness (QED) is 0.365. The second-order valence-electron chi connectivity index (χ2n) is 7.45. The van der Waals surface area contributed by atoms with Crippen LogP contribution in [-0.4, -0.2) is 24.6 Å². The van der Waals surface area contributed by atoms with E-state index in [4.69, 9.17) is 27.9 Å². The lowest BCUT2D eigenvalue weighted by molar-refractivity contribution is 0.302. The summed E-state index contributed by atoms with van der Waals surface area (Å²) < 4.78 is 22.0. The molecule has 0 spiro atoms. The van der Waals surface area contributed by atoms with Gasteiger partial charge in [-0.2, -0.15) is 4.40 Å². The van der Waals surface area contributed by atoms with Crippen molar-refractivity contribution >= 4 is 50.8 Å². The lowest BCUT2D eigenvalue weighted by Crippen LogP contribution is -2.20. The molecule has 1 aromatic carbocycles. The summed E-state index contributed by atoms with van der Waals surface area (Å²) in [5.41, 5.74) is 2.62. The molecule has 152 valence electrons. The number of hydrogen-bond donors (Lipinski definition) is 0. The third kappa shape index (κ3) is 5.32. The summed E-state index contributed by atoms with van der Waals surface area (Å²) in [6, 6.07) is 11.0. The molecular formula is C21H21Cl2N3O2S. The molecule has 0 saturated heterocycles. The van der Waals surface area contributed by atoms with E-state index >= 15 is 0 Å². The molecule has 0 bridgehead atoms. The Morgan fingerprint density at radius 1 is 1.21 bits per heavy atom. The summed E-state index contributed by atoms with van der Waals surface area (Å²) in [5.74, 6) is 0.500. The van der Waals surface area contributed by atoms with E-state index in [9.17, 15) is 4.21 Å². The van der Waals surface area contributed by atoms with Gasteiger partial charge in [-0.15, -0.1) is 0 Å². The number of halogens is 2. The zero-order chi connectivity index (χ0) is 21.2. The fraction of sp³-hybridized carbons (Fsp3) is 0.286. The molecule has 0 fully saturated rings. The van der Waals surface area contributed by atoms with Crippen LogP contribution < -0.4 is 4.74 Å². The maximum absolute atomic E-state index is 12.3. The van der Waals surface area contributed by atoms with Crippen molar-refractivity contribution in [1.29, 1.82) is 0 Å². The van der Waals surface area contributed by atoms with E-state index in [0.717, 1.165) is 11.1 Å². The van der Waals surface area contributed by atoms with Gasteiger partial charge in [-0.3, -0.25) is 4.98 Å². The number of nitrogens with zero attached hydrogens (tertiary/aromatic N) is 3. The van der Waals surface area contributed by atoms with Crippen LogP contribution >= 0.6 is 23.2 Å². The molecule has 0 aliphatic heterocycles. The normalized spacial score (nSPS) is 13.5. The predicted molar refractivity (Wildman–Crippen MR) is 120 cm³/mol. The Balaban J connectivity index is 1.92. The SMILES string of the molecule is CC(=NS(=O)C(C)(C)C)c1cc2cc(Cl)c(OCc3ccccn3)cc2nc1Cl. The van der Waals surface area contributed by atoms with Crippen molar-refractivity contribution < 1.29 is 8.95 Å². The fourth-order valence-electron chi connectivity index (χ4n) is 2.46. The first-order chi connectivity index (χ1) is 13.6. The van der Waals surface area contributed by atoms with E-state index in [1.165, 1.54) is 0 Å². The predicted octanol–water partition coefficient (Wildman–Crippen LogP) is 5.79. The van der Waals surface area contributed by atoms with Gasteiger partial charge < -0.3 is 4.74 Å². The van der Waals surface area contributed by atoms with Crippen LogP contribution in [0.4, 0.5) is 0 Å². The monoisotopic (exact) mass is 449 g/mol. The van der Waals surface area contributed by atoms with Crippen molar-refractivity contribution in [2.24, 2.45) is 4.40 Å². The number of hydrogen-bond acceptors (Lipinski definition) is 4. The number of benzene rings is 1. The van der Waals surface area contributed by atoms with Crippen LogP contribution in [0.2, 0.25) is 10.2 Å². The van der Waals surface area contributed by atoms with Crippen LogP contribution in [0, 0.1) is 0 Å². The van der Waals surface area contributed by atoms with E-state index in [0.29, 0.717) is 34.2 Å². The van der Waals surface area contributed by atoms with E-state index in [-0.39, 0.29) is 5.15 Å². The summed E-state index contributed by atoms with van der Waals surface area (Å²) in [6.45, 7) is 7.66. The Kier molecular flexibility index (Phi) is 6.56. The molecule has 0 amide bonds. The lowest BCUT2D eigenvalue weighted by Gasteiger charge is -2.15. The van der Waals surface area contributed by atoms with E-state index < -0.39 is 15.7 Å². The molecule has 8 heteroatoms. The van der Waals surface area contributed by atoms with Gasteiger partial charge in [0, 0.05) is 23.2 Å². The van der Waals surface area contributed by atoms with Gasteiger partial charge in [0.25, 0.3) is 0 Å². The maximum Gasteiger partial charge on any atom is 0.145 e. The van der Waals surface area contributed by atoms with Crippen molar-refractivity contribution in [3.05, 3.63) is 64.0 Å². The Hall–Kier alpha value is -2.02. The zero-order valence-corrected chi connectivity index (χ0v) is 18.9. The van der Waals surface area contributed by atoms with E-state index in [2.05, 4.69) is 14.4 Å². The number of fused-ring (bicyclic) bond motifs is 1. The topological polar surface area (TPSA) is 64.4 Å². The van der Waals surface area contributed by atoms with Gasteiger partial charge in [0.2, 0.25) is 0 Å². The summed E-state index contributed by atoms with van der Waals surface area (Å²) in [7, 11) is -1.39. The highest BCUT2D eigenvalue weighted by Gasteiger charge is 2.20. The van der Waals surface area contributed by atoms with Crippen molar-refractivity contribution in [3.63, 3.8) is 0 Å². The first-order valence-corrected chi connectivity index (χ1v) is 10.8. The largest absolute Gasteiger partial charge is 0.486 e. The first kappa shape index (κ1) is 21.7. The second kappa shape index (κ2) is 8.78. The Labute approximate surface area is 182 Å². The molecule has 0 aliphatic rings. The zero-order valence-electron chi connectivity index (χ0n) is 16.6. The van der Waals surface area contributed by atoms with Crippen molar-refractivity contribution in [2.75, 3.05) is 0 Å². The molecule has 29 heavy (non-hydrogen) atoms. The third-order valence-corrected chi connectivity index (χ3v) is 6.13. The molecule has 3 rings (SSSR count). The highest BCUT2D eigenvalue weighted by molar-refractivity contribution is 7.85. The molecule has 0 saturated carbocycles. The molecule has 3 aromatic rings. The second-order valence-corrected chi connectivity index (χ2v) is 10.1. The summed E-state index contributed by atoms with van der Waals surface area (Å²) >= 11 is 12.8. The summed E-state index contributed by atoms with van der Waals surface area (Å²) in [4.78, 5) is 8.68. The van der Waals surface area contributed by atoms with Gasteiger partial charge in [0.1, 0.15) is 28.5 Å². The fourth-order valence-corrected chi connectivity index (χ4v) is 3.59. The van der Waals surface area contributed by atoms with Crippen molar-refractivity contribution in [2.45, 2.75) is 39.0 Å². The summed E-state index contributed by atoms with van der Waals surface area (Å²) in [5, 5.41) is 1.52. The molecule has 1 unspecified atom stereocenters. The summed E-state index contributed by atoms with van der Waals surface area (Å²) in [6.07, 6.45) is 1.71. The average Bonchev–Trinajstić information content (AvgIpc) is 2.66. The molecule has 0 radical (unpaired) electrons. The minimum absolute atomic E-state index is 0.280. The van der Waals surface area contributed by atoms with Gasteiger partial charge in [-0.05, 0) is 52.0 Å². The van der Waals surface area contributed by atoms with Gasteiger partial charge in [-0.25, -0.2) is 9.19 Å².